The average Bonchev–Trinajstić information content (AvgIpc) is 3.44. The van der Waals surface area contributed by atoms with Crippen LogP contribution in [-0.4, -0.2) is 41.9 Å². The first-order chi connectivity index (χ1) is 15.4. The van der Waals surface area contributed by atoms with Gasteiger partial charge in [0.2, 0.25) is 5.95 Å². The van der Waals surface area contributed by atoms with Crippen molar-refractivity contribution in [1.29, 1.82) is 0 Å². The van der Waals surface area contributed by atoms with Crippen molar-refractivity contribution < 1.29 is 4.39 Å². The number of aryl methyl sites for hydroxylation is 2. The molecule has 0 radical (unpaired) electrons. The van der Waals surface area contributed by atoms with E-state index in [4.69, 9.17) is 15.8 Å². The number of rotatable bonds is 4. The van der Waals surface area contributed by atoms with E-state index in [1.165, 1.54) is 12.1 Å². The molecule has 9 heteroatoms. The first kappa shape index (κ1) is 20.4. The van der Waals surface area contributed by atoms with Crippen LogP contribution >= 0.6 is 0 Å². The van der Waals surface area contributed by atoms with E-state index in [0.29, 0.717) is 22.9 Å². The molecule has 1 aliphatic rings. The van der Waals surface area contributed by atoms with Crippen molar-refractivity contribution in [2.45, 2.75) is 52.1 Å². The van der Waals surface area contributed by atoms with Gasteiger partial charge in [0, 0.05) is 42.4 Å². The Hall–Kier alpha value is -3.49. The van der Waals surface area contributed by atoms with E-state index in [9.17, 15) is 4.39 Å². The van der Waals surface area contributed by atoms with Crippen molar-refractivity contribution in [3.8, 4) is 11.3 Å². The Bertz CT molecular complexity index is 1280. The van der Waals surface area contributed by atoms with Crippen LogP contribution in [0.4, 0.5) is 16.0 Å². The first-order valence-electron chi connectivity index (χ1n) is 11.0. The van der Waals surface area contributed by atoms with Crippen LogP contribution in [-0.2, 0) is 6.54 Å². The summed E-state index contributed by atoms with van der Waals surface area (Å²) in [6.45, 7) is 7.91. The largest absolute Gasteiger partial charge is 0.368 e. The quantitative estimate of drug-likeness (QED) is 0.525. The summed E-state index contributed by atoms with van der Waals surface area (Å²) < 4.78 is 17.3. The van der Waals surface area contributed by atoms with Gasteiger partial charge in [0.05, 0.1) is 17.6 Å². The van der Waals surface area contributed by atoms with Crippen LogP contribution < -0.4 is 10.6 Å². The molecular formula is C23H27FN8. The molecule has 5 rings (SSSR count). The lowest BCUT2D eigenvalue weighted by atomic mass is 9.92. The SMILES string of the molecule is CCn1cc(N2C[C@@H](c3nc4c(C)c(-c5cccc(F)c5)nc(N)n4n3)CC[C@H]2C)cn1. The van der Waals surface area contributed by atoms with Gasteiger partial charge in [-0.15, -0.1) is 5.10 Å². The molecule has 0 unspecified atom stereocenters. The van der Waals surface area contributed by atoms with Crippen LogP contribution in [0.15, 0.2) is 36.7 Å². The second-order valence-electron chi connectivity index (χ2n) is 8.49. The van der Waals surface area contributed by atoms with Gasteiger partial charge in [-0.25, -0.2) is 14.4 Å². The number of fused-ring (bicyclic) bond motifs is 1. The minimum Gasteiger partial charge on any atom is -0.368 e. The Morgan fingerprint density at radius 3 is 2.81 bits per heavy atom. The number of nitrogens with two attached hydrogens (primary N) is 1. The number of nitrogen functional groups attached to an aromatic ring is 1. The molecule has 0 bridgehead atoms. The molecular weight excluding hydrogens is 407 g/mol. The molecule has 3 aromatic heterocycles. The van der Waals surface area contributed by atoms with E-state index in [0.717, 1.165) is 43.0 Å². The van der Waals surface area contributed by atoms with Gasteiger partial charge in [-0.3, -0.25) is 4.68 Å². The molecule has 0 saturated carbocycles. The van der Waals surface area contributed by atoms with Crippen LogP contribution in [0.3, 0.4) is 0 Å². The van der Waals surface area contributed by atoms with Crippen LogP contribution in [0, 0.1) is 12.7 Å². The third-order valence-electron chi connectivity index (χ3n) is 6.38. The van der Waals surface area contributed by atoms with E-state index >= 15 is 0 Å². The Morgan fingerprint density at radius 1 is 1.22 bits per heavy atom. The summed E-state index contributed by atoms with van der Waals surface area (Å²) in [7, 11) is 0. The molecule has 4 heterocycles. The highest BCUT2D eigenvalue weighted by Crippen LogP contribution is 2.33. The maximum atomic E-state index is 13.8. The van der Waals surface area contributed by atoms with Gasteiger partial charge in [-0.2, -0.15) is 9.61 Å². The summed E-state index contributed by atoms with van der Waals surface area (Å²) >= 11 is 0. The molecule has 1 aliphatic heterocycles. The summed E-state index contributed by atoms with van der Waals surface area (Å²) in [6.07, 6.45) is 6.06. The fraction of sp³-hybridized carbons (Fsp3) is 0.391. The Kier molecular flexibility index (Phi) is 5.03. The number of nitrogens with zero attached hydrogens (tertiary/aromatic N) is 7. The minimum atomic E-state index is -0.313. The smallest absolute Gasteiger partial charge is 0.223 e. The number of hydrogen-bond acceptors (Lipinski definition) is 6. The zero-order chi connectivity index (χ0) is 22.4. The lowest BCUT2D eigenvalue weighted by Crippen LogP contribution is -2.41. The highest BCUT2D eigenvalue weighted by Gasteiger charge is 2.30. The van der Waals surface area contributed by atoms with Gasteiger partial charge >= 0.3 is 0 Å². The molecule has 2 atom stereocenters. The van der Waals surface area contributed by atoms with Crippen LogP contribution in [0.2, 0.25) is 0 Å². The van der Waals surface area contributed by atoms with Crippen molar-refractivity contribution in [3.63, 3.8) is 0 Å². The van der Waals surface area contributed by atoms with Crippen LogP contribution in [0.5, 0.6) is 0 Å². The van der Waals surface area contributed by atoms with E-state index < -0.39 is 0 Å². The number of anilines is 2. The van der Waals surface area contributed by atoms with Crippen molar-refractivity contribution >= 4 is 17.3 Å². The summed E-state index contributed by atoms with van der Waals surface area (Å²) in [5.41, 5.74) is 10.1. The maximum absolute atomic E-state index is 13.8. The monoisotopic (exact) mass is 434 g/mol. The van der Waals surface area contributed by atoms with E-state index in [2.05, 4.69) is 35.0 Å². The molecule has 1 fully saturated rings. The molecule has 0 aliphatic carbocycles. The molecule has 166 valence electrons. The molecule has 1 saturated heterocycles. The van der Waals surface area contributed by atoms with Crippen molar-refractivity contribution in [1.82, 2.24) is 29.4 Å². The number of aromatic nitrogens is 6. The summed E-state index contributed by atoms with van der Waals surface area (Å²) in [4.78, 5) is 11.8. The first-order valence-corrected chi connectivity index (χ1v) is 11.0. The fourth-order valence-electron chi connectivity index (χ4n) is 4.52. The fourth-order valence-corrected chi connectivity index (χ4v) is 4.52. The number of halogens is 1. The molecule has 2 N–H and O–H groups in total. The van der Waals surface area contributed by atoms with Gasteiger partial charge in [0.15, 0.2) is 11.5 Å². The van der Waals surface area contributed by atoms with Crippen molar-refractivity contribution in [3.05, 3.63) is 53.9 Å². The van der Waals surface area contributed by atoms with E-state index in [1.807, 2.05) is 23.9 Å². The Balaban J connectivity index is 1.50. The van der Waals surface area contributed by atoms with Gasteiger partial charge in [0.1, 0.15) is 5.82 Å². The van der Waals surface area contributed by atoms with Gasteiger partial charge < -0.3 is 10.6 Å². The standard InChI is InChI=1S/C23H27FN8/c1-4-30-13-19(11-26-30)31-12-17(9-8-14(31)2)21-28-22-15(3)20(27-23(25)32(22)29-21)16-6-5-7-18(24)10-16/h5-7,10-11,13-14,17H,4,8-9,12H2,1-3H3,(H2,25,27)/t14-,17+/m1/s1. The van der Waals surface area contributed by atoms with Crippen molar-refractivity contribution in [2.24, 2.45) is 0 Å². The van der Waals surface area contributed by atoms with Crippen LogP contribution in [0.1, 0.15) is 44.0 Å². The molecule has 32 heavy (non-hydrogen) atoms. The molecule has 0 spiro atoms. The number of piperidine rings is 1. The normalized spacial score (nSPS) is 19.1. The van der Waals surface area contributed by atoms with Gasteiger partial charge in [-0.05, 0) is 45.7 Å². The number of hydrogen-bond donors (Lipinski definition) is 1. The highest BCUT2D eigenvalue weighted by atomic mass is 19.1. The predicted octanol–water partition coefficient (Wildman–Crippen LogP) is 3.81. The van der Waals surface area contributed by atoms with Crippen molar-refractivity contribution in [2.75, 3.05) is 17.2 Å². The summed E-state index contributed by atoms with van der Waals surface area (Å²) in [5, 5.41) is 9.15. The second-order valence-corrected chi connectivity index (χ2v) is 8.49. The van der Waals surface area contributed by atoms with Crippen LogP contribution in [0.25, 0.3) is 16.9 Å². The lowest BCUT2D eigenvalue weighted by molar-refractivity contribution is 0.426. The lowest BCUT2D eigenvalue weighted by Gasteiger charge is -2.37. The Labute approximate surface area is 185 Å². The topological polar surface area (TPSA) is 90.2 Å². The third-order valence-corrected chi connectivity index (χ3v) is 6.38. The zero-order valence-corrected chi connectivity index (χ0v) is 18.5. The molecule has 8 nitrogen and oxygen atoms in total. The molecule has 1 aromatic carbocycles. The second kappa shape index (κ2) is 7.89. The average molecular weight is 435 g/mol. The summed E-state index contributed by atoms with van der Waals surface area (Å²) in [6, 6.07) is 6.78. The minimum absolute atomic E-state index is 0.174. The third kappa shape index (κ3) is 3.47. The van der Waals surface area contributed by atoms with E-state index in [1.54, 1.807) is 10.6 Å². The maximum Gasteiger partial charge on any atom is 0.223 e. The zero-order valence-electron chi connectivity index (χ0n) is 18.5. The Morgan fingerprint density at radius 2 is 2.06 bits per heavy atom. The predicted molar refractivity (Wildman–Crippen MR) is 122 cm³/mol. The highest BCUT2D eigenvalue weighted by molar-refractivity contribution is 5.71. The molecule has 4 aromatic rings. The summed E-state index contributed by atoms with van der Waals surface area (Å²) in [5.74, 6) is 0.867. The number of benzene rings is 1. The molecule has 0 amide bonds. The van der Waals surface area contributed by atoms with Gasteiger partial charge in [-0.1, -0.05) is 12.1 Å². The van der Waals surface area contributed by atoms with E-state index in [-0.39, 0.29) is 17.7 Å². The van der Waals surface area contributed by atoms with Gasteiger partial charge in [0.25, 0.3) is 0 Å².